The van der Waals surface area contributed by atoms with E-state index in [0.29, 0.717) is 23.6 Å². The monoisotopic (exact) mass is 338 g/mol. The van der Waals surface area contributed by atoms with E-state index in [1.165, 1.54) is 4.52 Å². The summed E-state index contributed by atoms with van der Waals surface area (Å²) in [7, 11) is 0. The first-order chi connectivity index (χ1) is 12.0. The molecule has 0 unspecified atom stereocenters. The molecule has 3 rings (SSSR count). The van der Waals surface area contributed by atoms with Gasteiger partial charge < -0.3 is 10.6 Å². The van der Waals surface area contributed by atoms with Crippen molar-refractivity contribution in [3.05, 3.63) is 53.1 Å². The number of rotatable bonds is 4. The molecule has 0 spiro atoms. The van der Waals surface area contributed by atoms with Crippen LogP contribution in [0.2, 0.25) is 0 Å². The average molecular weight is 338 g/mol. The van der Waals surface area contributed by atoms with Crippen molar-refractivity contribution in [3.8, 4) is 0 Å². The minimum Gasteiger partial charge on any atom is -0.352 e. The number of hydrogen-bond donors (Lipinski definition) is 2. The Morgan fingerprint density at radius 2 is 1.92 bits per heavy atom. The Balaban J connectivity index is 1.84. The third-order valence-electron chi connectivity index (χ3n) is 3.54. The van der Waals surface area contributed by atoms with Crippen LogP contribution in [0.4, 0.5) is 5.69 Å². The minimum atomic E-state index is -0.462. The zero-order valence-electron chi connectivity index (χ0n) is 14.2. The van der Waals surface area contributed by atoms with E-state index >= 15 is 0 Å². The maximum atomic E-state index is 12.4. The van der Waals surface area contributed by atoms with E-state index in [9.17, 15) is 9.59 Å². The average Bonchev–Trinajstić information content (AvgIpc) is 3.00. The number of carbonyl (C=O) groups is 2. The number of anilines is 1. The van der Waals surface area contributed by atoms with E-state index < -0.39 is 5.91 Å². The SMILES string of the molecule is CCNC(=O)c1cccc(NC(=O)c2nc3nc(C)cc(C)n3n2)c1. The van der Waals surface area contributed by atoms with Crippen LogP contribution in [-0.4, -0.2) is 37.9 Å². The highest BCUT2D eigenvalue weighted by atomic mass is 16.2. The zero-order valence-corrected chi connectivity index (χ0v) is 14.2. The molecular formula is C17H18N6O2. The van der Waals surface area contributed by atoms with Gasteiger partial charge in [0.25, 0.3) is 17.6 Å². The fraction of sp³-hybridized carbons (Fsp3) is 0.235. The number of carbonyl (C=O) groups excluding carboxylic acids is 2. The van der Waals surface area contributed by atoms with E-state index in [2.05, 4.69) is 25.7 Å². The highest BCUT2D eigenvalue weighted by Crippen LogP contribution is 2.12. The fourth-order valence-corrected chi connectivity index (χ4v) is 2.45. The normalized spacial score (nSPS) is 10.7. The van der Waals surface area contributed by atoms with E-state index in [0.717, 1.165) is 11.4 Å². The van der Waals surface area contributed by atoms with Crippen molar-refractivity contribution < 1.29 is 9.59 Å². The number of fused-ring (bicyclic) bond motifs is 1. The van der Waals surface area contributed by atoms with Gasteiger partial charge in [0.1, 0.15) is 0 Å². The summed E-state index contributed by atoms with van der Waals surface area (Å²) in [5.41, 5.74) is 2.61. The van der Waals surface area contributed by atoms with Crippen molar-refractivity contribution in [2.45, 2.75) is 20.8 Å². The quantitative estimate of drug-likeness (QED) is 0.754. The standard InChI is InChI=1S/C17H18N6O2/c1-4-18-15(24)12-6-5-7-13(9-12)20-16(25)14-21-17-19-10(2)8-11(3)23(17)22-14/h5-9H,4H2,1-3H3,(H,18,24)(H,20,25). The lowest BCUT2D eigenvalue weighted by atomic mass is 10.2. The Kier molecular flexibility index (Phi) is 4.42. The Bertz CT molecular complexity index is 963. The first kappa shape index (κ1) is 16.6. The second-order valence-electron chi connectivity index (χ2n) is 5.58. The Labute approximate surface area is 144 Å². The molecule has 1 aromatic carbocycles. The smallest absolute Gasteiger partial charge is 0.295 e. The van der Waals surface area contributed by atoms with E-state index in [1.54, 1.807) is 24.3 Å². The molecule has 8 nitrogen and oxygen atoms in total. The van der Waals surface area contributed by atoms with Gasteiger partial charge in [-0.25, -0.2) is 9.50 Å². The molecule has 2 heterocycles. The fourth-order valence-electron chi connectivity index (χ4n) is 2.45. The van der Waals surface area contributed by atoms with Crippen LogP contribution in [-0.2, 0) is 0 Å². The number of nitrogens with zero attached hydrogens (tertiary/aromatic N) is 4. The molecule has 25 heavy (non-hydrogen) atoms. The molecule has 2 N–H and O–H groups in total. The second kappa shape index (κ2) is 6.68. The maximum absolute atomic E-state index is 12.4. The lowest BCUT2D eigenvalue weighted by molar-refractivity contribution is 0.0954. The van der Waals surface area contributed by atoms with E-state index in [-0.39, 0.29) is 11.7 Å². The van der Waals surface area contributed by atoms with Crippen LogP contribution in [0.3, 0.4) is 0 Å². The molecule has 0 saturated carbocycles. The first-order valence-electron chi connectivity index (χ1n) is 7.88. The van der Waals surface area contributed by atoms with Gasteiger partial charge in [0.15, 0.2) is 0 Å². The number of aromatic nitrogens is 4. The largest absolute Gasteiger partial charge is 0.352 e. The number of benzene rings is 1. The molecule has 2 aromatic heterocycles. The maximum Gasteiger partial charge on any atom is 0.295 e. The summed E-state index contributed by atoms with van der Waals surface area (Å²) >= 11 is 0. The van der Waals surface area contributed by atoms with Crippen molar-refractivity contribution in [3.63, 3.8) is 0 Å². The number of hydrogen-bond acceptors (Lipinski definition) is 5. The molecule has 0 atom stereocenters. The van der Waals surface area contributed by atoms with Crippen LogP contribution < -0.4 is 10.6 Å². The minimum absolute atomic E-state index is 0.0182. The summed E-state index contributed by atoms with van der Waals surface area (Å²) in [4.78, 5) is 32.7. The van der Waals surface area contributed by atoms with Crippen molar-refractivity contribution in [2.75, 3.05) is 11.9 Å². The van der Waals surface area contributed by atoms with Gasteiger partial charge in [-0.2, -0.15) is 4.98 Å². The van der Waals surface area contributed by atoms with Crippen LogP contribution >= 0.6 is 0 Å². The van der Waals surface area contributed by atoms with Crippen LogP contribution in [0.5, 0.6) is 0 Å². The molecule has 2 amide bonds. The molecule has 8 heteroatoms. The highest BCUT2D eigenvalue weighted by molar-refractivity contribution is 6.03. The molecule has 0 aliphatic carbocycles. The summed E-state index contributed by atoms with van der Waals surface area (Å²) in [6, 6.07) is 8.54. The Morgan fingerprint density at radius 1 is 1.12 bits per heavy atom. The van der Waals surface area contributed by atoms with Gasteiger partial charge in [-0.05, 0) is 45.0 Å². The summed E-state index contributed by atoms with van der Waals surface area (Å²) in [5, 5.41) is 9.61. The summed E-state index contributed by atoms with van der Waals surface area (Å²) < 4.78 is 1.52. The van der Waals surface area contributed by atoms with Gasteiger partial charge in [0.2, 0.25) is 5.82 Å². The van der Waals surface area contributed by atoms with Crippen molar-refractivity contribution in [1.82, 2.24) is 24.9 Å². The third kappa shape index (κ3) is 3.47. The third-order valence-corrected chi connectivity index (χ3v) is 3.54. The van der Waals surface area contributed by atoms with Crippen molar-refractivity contribution in [2.24, 2.45) is 0 Å². The molecule has 0 aliphatic heterocycles. The predicted molar refractivity (Wildman–Crippen MR) is 92.7 cm³/mol. The molecule has 0 fully saturated rings. The van der Waals surface area contributed by atoms with Crippen LogP contribution in [0.1, 0.15) is 39.3 Å². The van der Waals surface area contributed by atoms with Gasteiger partial charge >= 0.3 is 0 Å². The molecule has 3 aromatic rings. The Morgan fingerprint density at radius 3 is 2.68 bits per heavy atom. The first-order valence-corrected chi connectivity index (χ1v) is 7.88. The highest BCUT2D eigenvalue weighted by Gasteiger charge is 2.16. The summed E-state index contributed by atoms with van der Waals surface area (Å²) in [6.07, 6.45) is 0. The molecule has 0 aliphatic rings. The van der Waals surface area contributed by atoms with Gasteiger partial charge in [0, 0.05) is 29.2 Å². The second-order valence-corrected chi connectivity index (χ2v) is 5.58. The molecule has 0 radical (unpaired) electrons. The topological polar surface area (TPSA) is 101 Å². The lowest BCUT2D eigenvalue weighted by Gasteiger charge is -2.06. The van der Waals surface area contributed by atoms with Crippen molar-refractivity contribution in [1.29, 1.82) is 0 Å². The lowest BCUT2D eigenvalue weighted by Crippen LogP contribution is -2.23. The number of amides is 2. The number of nitrogens with one attached hydrogen (secondary N) is 2. The van der Waals surface area contributed by atoms with Crippen LogP contribution in [0, 0.1) is 13.8 Å². The molecule has 0 bridgehead atoms. The Hall–Kier alpha value is -3.29. The van der Waals surface area contributed by atoms with Gasteiger partial charge in [-0.15, -0.1) is 5.10 Å². The van der Waals surface area contributed by atoms with Gasteiger partial charge in [-0.3, -0.25) is 9.59 Å². The summed E-state index contributed by atoms with van der Waals surface area (Å²) in [6.45, 7) is 6.10. The summed E-state index contributed by atoms with van der Waals surface area (Å²) in [5.74, 6) is -0.265. The van der Waals surface area contributed by atoms with Gasteiger partial charge in [0.05, 0.1) is 0 Å². The van der Waals surface area contributed by atoms with Crippen molar-refractivity contribution >= 4 is 23.3 Å². The van der Waals surface area contributed by atoms with E-state index in [1.807, 2.05) is 26.8 Å². The molecular weight excluding hydrogens is 320 g/mol. The molecule has 0 saturated heterocycles. The molecule has 128 valence electrons. The van der Waals surface area contributed by atoms with Gasteiger partial charge in [-0.1, -0.05) is 6.07 Å². The number of aryl methyl sites for hydroxylation is 2. The van der Waals surface area contributed by atoms with Crippen LogP contribution in [0.15, 0.2) is 30.3 Å². The van der Waals surface area contributed by atoms with E-state index in [4.69, 9.17) is 0 Å². The predicted octanol–water partition coefficient (Wildman–Crippen LogP) is 1.74. The van der Waals surface area contributed by atoms with Crippen LogP contribution in [0.25, 0.3) is 5.78 Å². The zero-order chi connectivity index (χ0) is 18.0.